The molecule has 1 aliphatic rings. The second-order valence-electron chi connectivity index (χ2n) is 2.36. The van der Waals surface area contributed by atoms with Crippen molar-refractivity contribution in [2.75, 3.05) is 0 Å². The molecule has 0 saturated carbocycles. The number of hydrogen-bond donors (Lipinski definition) is 0. The Morgan fingerprint density at radius 1 is 0.846 bits per heavy atom. The molecular weight excluding hydrogens is 256 g/mol. The van der Waals surface area contributed by atoms with E-state index in [1.54, 1.807) is 0 Å². The zero-order valence-corrected chi connectivity index (χ0v) is 11.3. The summed E-state index contributed by atoms with van der Waals surface area (Å²) in [5, 5.41) is 0. The van der Waals surface area contributed by atoms with Gasteiger partial charge in [-0.05, 0) is 22.7 Å². The molecule has 0 aromatic carbocycles. The first-order valence-electron chi connectivity index (χ1n) is 3.89. The Morgan fingerprint density at radius 2 is 1.31 bits per heavy atom. The Hall–Kier alpha value is 1.23. The minimum Gasteiger partial charge on any atom is -0.103 e. The highest BCUT2D eigenvalue weighted by Crippen LogP contribution is 2.57. The molecule has 0 spiro atoms. The van der Waals surface area contributed by atoms with E-state index in [0.717, 1.165) is 12.8 Å². The van der Waals surface area contributed by atoms with E-state index in [1.165, 1.54) is 0 Å². The summed E-state index contributed by atoms with van der Waals surface area (Å²) < 4.78 is 1.32. The van der Waals surface area contributed by atoms with E-state index in [9.17, 15) is 0 Å². The van der Waals surface area contributed by atoms with Gasteiger partial charge in [0.1, 0.15) is 0 Å². The zero-order valence-electron chi connectivity index (χ0n) is 7.18. The van der Waals surface area contributed by atoms with Gasteiger partial charge in [-0.25, -0.2) is 0 Å². The van der Waals surface area contributed by atoms with Crippen molar-refractivity contribution in [2.24, 2.45) is 0 Å². The molecule has 2 unspecified atom stereocenters. The zero-order chi connectivity index (χ0) is 9.52. The molecule has 1 aliphatic heterocycles. The largest absolute Gasteiger partial charge is 0.103 e. The molecule has 1 fully saturated rings. The highest BCUT2D eigenvalue weighted by molar-refractivity contribution is 9.13. The Bertz CT molecular complexity index is 152. The second kappa shape index (κ2) is 7.51. The fraction of sp³-hybridized carbons (Fsp3) is 0.500. The van der Waals surface area contributed by atoms with E-state index < -0.39 is 0 Å². The average molecular weight is 269 g/mol. The lowest BCUT2D eigenvalue weighted by Crippen LogP contribution is -1.91. The van der Waals surface area contributed by atoms with E-state index in [0.29, 0.717) is 9.16 Å². The Kier molecular flexibility index (Phi) is 7.11. The normalized spacial score (nSPS) is 29.2. The second-order valence-corrected chi connectivity index (χ2v) is 10.1. The lowest BCUT2D eigenvalue weighted by molar-refractivity contribution is 1.19. The highest BCUT2D eigenvalue weighted by Gasteiger charge is 2.20. The fourth-order valence-corrected chi connectivity index (χ4v) is 11.5. The van der Waals surface area contributed by atoms with E-state index in [1.807, 2.05) is 65.2 Å². The lowest BCUT2D eigenvalue weighted by Gasteiger charge is -2.08. The molecule has 0 aromatic rings. The van der Waals surface area contributed by atoms with Crippen LogP contribution < -0.4 is 0 Å². The van der Waals surface area contributed by atoms with Crippen molar-refractivity contribution >= 4 is 53.0 Å². The van der Waals surface area contributed by atoms with E-state index in [-0.39, 0.29) is 0 Å². The van der Waals surface area contributed by atoms with Crippen LogP contribution >= 0.6 is 53.0 Å². The van der Waals surface area contributed by atoms with Crippen LogP contribution in [0.5, 0.6) is 0 Å². The molecule has 1 rings (SSSR count). The number of hydrogen-bond acceptors (Lipinski definition) is 5. The SMILES string of the molecule is C=CCC1SSSC(CC=C)SS1. The van der Waals surface area contributed by atoms with E-state index in [2.05, 4.69) is 13.2 Å². The topological polar surface area (TPSA) is 0 Å². The van der Waals surface area contributed by atoms with Gasteiger partial charge in [-0.3, -0.25) is 0 Å². The first-order valence-corrected chi connectivity index (χ1v) is 9.78. The minimum absolute atomic E-state index is 0.662. The van der Waals surface area contributed by atoms with Crippen molar-refractivity contribution in [3.05, 3.63) is 25.3 Å². The molecule has 0 N–H and O–H groups in total. The third kappa shape index (κ3) is 5.02. The molecule has 13 heavy (non-hydrogen) atoms. The maximum Gasteiger partial charge on any atom is 0.0752 e. The van der Waals surface area contributed by atoms with Crippen LogP contribution in [0.15, 0.2) is 25.3 Å². The summed E-state index contributed by atoms with van der Waals surface area (Å²) in [6.07, 6.45) is 6.20. The summed E-state index contributed by atoms with van der Waals surface area (Å²) >= 11 is 0. The molecule has 1 heterocycles. The summed E-state index contributed by atoms with van der Waals surface area (Å²) in [6, 6.07) is 0. The van der Waals surface area contributed by atoms with Gasteiger partial charge in [0.05, 0.1) is 9.16 Å². The maximum atomic E-state index is 3.77. The van der Waals surface area contributed by atoms with Crippen LogP contribution in [0.4, 0.5) is 0 Å². The van der Waals surface area contributed by atoms with Gasteiger partial charge in [-0.2, -0.15) is 0 Å². The minimum atomic E-state index is 0.662. The molecule has 0 aliphatic carbocycles. The first-order chi connectivity index (χ1) is 6.36. The lowest BCUT2D eigenvalue weighted by atomic mass is 10.5. The first kappa shape index (κ1) is 12.3. The van der Waals surface area contributed by atoms with Crippen LogP contribution in [0.3, 0.4) is 0 Å². The fourth-order valence-electron chi connectivity index (χ4n) is 0.696. The summed E-state index contributed by atoms with van der Waals surface area (Å²) in [4.78, 5) is 0. The molecular formula is C8H12S5. The predicted octanol–water partition coefficient (Wildman–Crippen LogP) is 5.22. The van der Waals surface area contributed by atoms with Gasteiger partial charge >= 0.3 is 0 Å². The number of allylic oxidation sites excluding steroid dienone is 2. The third-order valence-corrected chi connectivity index (χ3v) is 10.8. The van der Waals surface area contributed by atoms with Gasteiger partial charge in [0.15, 0.2) is 0 Å². The van der Waals surface area contributed by atoms with Gasteiger partial charge < -0.3 is 0 Å². The molecule has 1 saturated heterocycles. The van der Waals surface area contributed by atoms with Gasteiger partial charge in [0.25, 0.3) is 0 Å². The van der Waals surface area contributed by atoms with Crippen LogP contribution in [0.1, 0.15) is 12.8 Å². The van der Waals surface area contributed by atoms with Gasteiger partial charge in [-0.15, -0.1) is 13.2 Å². The Labute approximate surface area is 99.7 Å². The maximum absolute atomic E-state index is 3.77. The van der Waals surface area contributed by atoms with Crippen LogP contribution in [-0.2, 0) is 0 Å². The van der Waals surface area contributed by atoms with E-state index in [4.69, 9.17) is 0 Å². The molecule has 0 amide bonds. The van der Waals surface area contributed by atoms with Crippen LogP contribution in [0, 0.1) is 0 Å². The summed E-state index contributed by atoms with van der Waals surface area (Å²) in [6.45, 7) is 7.55. The third-order valence-electron chi connectivity index (χ3n) is 1.28. The number of rotatable bonds is 4. The van der Waals surface area contributed by atoms with Crippen LogP contribution in [0.25, 0.3) is 0 Å². The van der Waals surface area contributed by atoms with Crippen molar-refractivity contribution < 1.29 is 0 Å². The van der Waals surface area contributed by atoms with Crippen molar-refractivity contribution in [1.82, 2.24) is 0 Å². The van der Waals surface area contributed by atoms with Gasteiger partial charge in [-0.1, -0.05) is 55.3 Å². The van der Waals surface area contributed by atoms with Gasteiger partial charge in [0.2, 0.25) is 0 Å². The molecule has 74 valence electrons. The Balaban J connectivity index is 2.29. The van der Waals surface area contributed by atoms with Crippen LogP contribution in [0.2, 0.25) is 0 Å². The van der Waals surface area contributed by atoms with Gasteiger partial charge in [0, 0.05) is 0 Å². The molecule has 0 aromatic heterocycles. The van der Waals surface area contributed by atoms with E-state index >= 15 is 0 Å². The molecule has 0 radical (unpaired) electrons. The smallest absolute Gasteiger partial charge is 0.0752 e. The summed E-state index contributed by atoms with van der Waals surface area (Å²) in [5.74, 6) is 0. The molecule has 5 heteroatoms. The monoisotopic (exact) mass is 268 g/mol. The molecule has 2 atom stereocenters. The molecule has 0 nitrogen and oxygen atoms in total. The van der Waals surface area contributed by atoms with Crippen molar-refractivity contribution in [1.29, 1.82) is 0 Å². The standard InChI is InChI=1S/C8H12S5/c1-3-5-7-9-10-8(6-4-2)12-13-11-7/h3-4,7-8H,1-2,5-6H2. The average Bonchev–Trinajstić information content (AvgIpc) is 2.33. The van der Waals surface area contributed by atoms with Crippen LogP contribution in [-0.4, -0.2) is 9.16 Å². The predicted molar refractivity (Wildman–Crippen MR) is 75.2 cm³/mol. The summed E-state index contributed by atoms with van der Waals surface area (Å²) in [7, 11) is 9.77. The Morgan fingerprint density at radius 3 is 1.69 bits per heavy atom. The van der Waals surface area contributed by atoms with Crippen molar-refractivity contribution in [3.8, 4) is 0 Å². The summed E-state index contributed by atoms with van der Waals surface area (Å²) in [5.41, 5.74) is 0. The van der Waals surface area contributed by atoms with Crippen molar-refractivity contribution in [2.45, 2.75) is 22.0 Å². The quantitative estimate of drug-likeness (QED) is 0.505. The highest BCUT2D eigenvalue weighted by atomic mass is 33.5. The van der Waals surface area contributed by atoms with Crippen molar-refractivity contribution in [3.63, 3.8) is 0 Å². The molecule has 0 bridgehead atoms.